The Balaban J connectivity index is 1.93. The molecular weight excluding hydrogens is 464 g/mol. The molecule has 0 saturated carbocycles. The van der Waals surface area contributed by atoms with Crippen molar-refractivity contribution in [3.05, 3.63) is 174 Å². The maximum absolute atomic E-state index is 12.5. The summed E-state index contributed by atoms with van der Waals surface area (Å²) in [5.74, 6) is 0. The standard InChI is InChI=1S/C35H30OSi/c1-37(36,32-25-15-6-16-26-32)35(31-23-13-5-14-24-31)34(30-21-11-4-12-22-30)33(29-19-9-3-10-20-29)27-28-17-7-2-8-18-28/h2-27,36H,1H3. The van der Waals surface area contributed by atoms with E-state index in [-0.39, 0.29) is 0 Å². The molecule has 180 valence electrons. The average molecular weight is 495 g/mol. The largest absolute Gasteiger partial charge is 0.424 e. The van der Waals surface area contributed by atoms with Crippen molar-refractivity contribution in [3.63, 3.8) is 0 Å². The molecule has 0 radical (unpaired) electrons. The van der Waals surface area contributed by atoms with Crippen LogP contribution in [0.15, 0.2) is 152 Å². The highest BCUT2D eigenvalue weighted by Crippen LogP contribution is 2.42. The molecule has 0 saturated heterocycles. The van der Waals surface area contributed by atoms with Crippen molar-refractivity contribution in [1.29, 1.82) is 0 Å². The van der Waals surface area contributed by atoms with Crippen LogP contribution in [0.3, 0.4) is 0 Å². The van der Waals surface area contributed by atoms with Crippen LogP contribution in [0.25, 0.3) is 22.4 Å². The highest BCUT2D eigenvalue weighted by molar-refractivity contribution is 7.01. The first-order valence-corrected chi connectivity index (χ1v) is 15.1. The lowest BCUT2D eigenvalue weighted by Gasteiger charge is -2.30. The second kappa shape index (κ2) is 11.2. The molecule has 37 heavy (non-hydrogen) atoms. The first kappa shape index (κ1) is 24.5. The monoisotopic (exact) mass is 494 g/mol. The van der Waals surface area contributed by atoms with E-state index in [0.29, 0.717) is 0 Å². The van der Waals surface area contributed by atoms with Gasteiger partial charge in [-0.2, -0.15) is 0 Å². The Morgan fingerprint density at radius 3 is 1.43 bits per heavy atom. The lowest BCUT2D eigenvalue weighted by atomic mass is 9.89. The summed E-state index contributed by atoms with van der Waals surface area (Å²) in [6, 6.07) is 51.9. The van der Waals surface area contributed by atoms with Gasteiger partial charge in [0, 0.05) is 0 Å². The molecule has 1 nitrogen and oxygen atoms in total. The smallest absolute Gasteiger partial charge is 0.250 e. The Hall–Kier alpha value is -4.24. The second-order valence-corrected chi connectivity index (χ2v) is 12.5. The summed E-state index contributed by atoms with van der Waals surface area (Å²) in [6.45, 7) is 2.04. The van der Waals surface area contributed by atoms with Crippen LogP contribution >= 0.6 is 0 Å². The Labute approximate surface area is 220 Å². The third kappa shape index (κ3) is 5.46. The molecule has 1 unspecified atom stereocenters. The summed E-state index contributed by atoms with van der Waals surface area (Å²) in [5, 5.41) is 1.98. The summed E-state index contributed by atoms with van der Waals surface area (Å²) in [7, 11) is -3.17. The van der Waals surface area contributed by atoms with Crippen LogP contribution in [0.4, 0.5) is 0 Å². The van der Waals surface area contributed by atoms with Crippen LogP contribution in [-0.2, 0) is 0 Å². The molecule has 0 fully saturated rings. The van der Waals surface area contributed by atoms with Gasteiger partial charge in [-0.25, -0.2) is 0 Å². The summed E-state index contributed by atoms with van der Waals surface area (Å²) in [5.41, 5.74) is 6.48. The van der Waals surface area contributed by atoms with Gasteiger partial charge in [-0.1, -0.05) is 152 Å². The number of hydrogen-bond donors (Lipinski definition) is 1. The van der Waals surface area contributed by atoms with E-state index in [4.69, 9.17) is 0 Å². The fraction of sp³-hybridized carbons (Fsp3) is 0.0286. The fourth-order valence-corrected chi connectivity index (χ4v) is 7.48. The maximum atomic E-state index is 12.5. The van der Waals surface area contributed by atoms with Gasteiger partial charge in [-0.05, 0) is 56.4 Å². The van der Waals surface area contributed by atoms with Crippen LogP contribution in [0.1, 0.15) is 22.3 Å². The van der Waals surface area contributed by atoms with Gasteiger partial charge in [0.25, 0.3) is 8.32 Å². The molecule has 5 rings (SSSR count). The van der Waals surface area contributed by atoms with Crippen molar-refractivity contribution in [3.8, 4) is 0 Å². The van der Waals surface area contributed by atoms with Crippen molar-refractivity contribution >= 4 is 35.9 Å². The van der Waals surface area contributed by atoms with Gasteiger partial charge in [0.05, 0.1) is 0 Å². The van der Waals surface area contributed by atoms with E-state index >= 15 is 0 Å². The molecule has 0 bridgehead atoms. The Bertz CT molecular complexity index is 1490. The first-order chi connectivity index (χ1) is 18.1. The van der Waals surface area contributed by atoms with Crippen molar-refractivity contribution in [2.24, 2.45) is 0 Å². The minimum absolute atomic E-state index is 0.981. The van der Waals surface area contributed by atoms with Gasteiger partial charge in [-0.3, -0.25) is 0 Å². The summed E-state index contributed by atoms with van der Waals surface area (Å²) >= 11 is 0. The van der Waals surface area contributed by atoms with Gasteiger partial charge < -0.3 is 4.80 Å². The number of benzene rings is 5. The van der Waals surface area contributed by atoms with Crippen LogP contribution < -0.4 is 5.19 Å². The molecule has 0 heterocycles. The minimum Gasteiger partial charge on any atom is -0.424 e. The van der Waals surface area contributed by atoms with Crippen molar-refractivity contribution in [2.45, 2.75) is 6.55 Å². The molecule has 1 N–H and O–H groups in total. The van der Waals surface area contributed by atoms with Gasteiger partial charge in [0.1, 0.15) is 0 Å². The van der Waals surface area contributed by atoms with E-state index in [1.807, 2.05) is 49.0 Å². The average Bonchev–Trinajstić information content (AvgIpc) is 2.97. The van der Waals surface area contributed by atoms with E-state index in [9.17, 15) is 4.80 Å². The topological polar surface area (TPSA) is 20.2 Å². The van der Waals surface area contributed by atoms with E-state index < -0.39 is 8.32 Å². The minimum atomic E-state index is -3.17. The van der Waals surface area contributed by atoms with Crippen LogP contribution in [0, 0.1) is 0 Å². The fourth-order valence-electron chi connectivity index (χ4n) is 4.85. The Morgan fingerprint density at radius 1 is 0.514 bits per heavy atom. The Morgan fingerprint density at radius 2 is 0.919 bits per heavy atom. The predicted octanol–water partition coefficient (Wildman–Crippen LogP) is 7.85. The van der Waals surface area contributed by atoms with Gasteiger partial charge in [0.15, 0.2) is 0 Å². The molecule has 1 atom stereocenters. The van der Waals surface area contributed by atoms with Gasteiger partial charge in [-0.15, -0.1) is 0 Å². The number of hydrogen-bond acceptors (Lipinski definition) is 1. The zero-order valence-electron chi connectivity index (χ0n) is 21.0. The lowest BCUT2D eigenvalue weighted by molar-refractivity contribution is 0.577. The molecule has 2 heteroatoms. The normalized spacial score (nSPS) is 13.9. The SMILES string of the molecule is C[Si](O)(C(=C(C(=Cc1ccccc1)c1ccccc1)c1ccccc1)c1ccccc1)c1ccccc1. The molecular formula is C35H30OSi. The lowest BCUT2D eigenvalue weighted by Crippen LogP contribution is -2.47. The molecule has 0 amide bonds. The summed E-state index contributed by atoms with van der Waals surface area (Å²) in [6.07, 6.45) is 2.25. The highest BCUT2D eigenvalue weighted by atomic mass is 28.4. The van der Waals surface area contributed by atoms with E-state index in [1.165, 1.54) is 0 Å². The molecule has 0 aromatic heterocycles. The molecule has 0 aliphatic carbocycles. The maximum Gasteiger partial charge on any atom is 0.250 e. The second-order valence-electron chi connectivity index (χ2n) is 9.26. The zero-order valence-corrected chi connectivity index (χ0v) is 22.0. The molecule has 5 aromatic rings. The molecule has 5 aromatic carbocycles. The number of rotatable bonds is 7. The zero-order chi connectivity index (χ0) is 25.5. The first-order valence-electron chi connectivity index (χ1n) is 12.6. The van der Waals surface area contributed by atoms with Crippen molar-refractivity contribution in [2.75, 3.05) is 0 Å². The third-order valence-corrected chi connectivity index (χ3v) is 9.63. The van der Waals surface area contributed by atoms with Crippen molar-refractivity contribution in [1.82, 2.24) is 0 Å². The van der Waals surface area contributed by atoms with Gasteiger partial charge in [0.2, 0.25) is 0 Å². The van der Waals surface area contributed by atoms with Crippen molar-refractivity contribution < 1.29 is 4.80 Å². The van der Waals surface area contributed by atoms with Gasteiger partial charge >= 0.3 is 0 Å². The summed E-state index contributed by atoms with van der Waals surface area (Å²) in [4.78, 5) is 12.5. The number of allylic oxidation sites excluding steroid dienone is 2. The molecule has 0 aliphatic rings. The summed E-state index contributed by atoms with van der Waals surface area (Å²) < 4.78 is 0. The van der Waals surface area contributed by atoms with Crippen LogP contribution in [0.5, 0.6) is 0 Å². The van der Waals surface area contributed by atoms with E-state index in [1.54, 1.807) is 0 Å². The molecule has 0 spiro atoms. The van der Waals surface area contributed by atoms with E-state index in [0.717, 1.165) is 43.8 Å². The Kier molecular flexibility index (Phi) is 7.41. The van der Waals surface area contributed by atoms with E-state index in [2.05, 4.69) is 115 Å². The third-order valence-electron chi connectivity index (χ3n) is 6.66. The predicted molar refractivity (Wildman–Crippen MR) is 160 cm³/mol. The van der Waals surface area contributed by atoms with Crippen LogP contribution in [0.2, 0.25) is 6.55 Å². The quantitative estimate of drug-likeness (QED) is 0.139. The van der Waals surface area contributed by atoms with Crippen LogP contribution in [-0.4, -0.2) is 13.1 Å². The molecule has 0 aliphatic heterocycles. The highest BCUT2D eigenvalue weighted by Gasteiger charge is 2.37.